The van der Waals surface area contributed by atoms with Gasteiger partial charge in [-0.15, -0.1) is 0 Å². The lowest BCUT2D eigenvalue weighted by Crippen LogP contribution is -2.51. The number of nitrogens with zero attached hydrogens (tertiary/aromatic N) is 5. The number of ether oxygens (including phenoxy) is 1. The maximum absolute atomic E-state index is 16.5. The number of pyridine rings is 1. The van der Waals surface area contributed by atoms with Gasteiger partial charge in [0.2, 0.25) is 0 Å². The van der Waals surface area contributed by atoms with Crippen molar-refractivity contribution in [2.24, 2.45) is 0 Å². The quantitative estimate of drug-likeness (QED) is 0.481. The van der Waals surface area contributed by atoms with Crippen LogP contribution in [0.3, 0.4) is 0 Å². The fraction of sp³-hybridized carbons (Fsp3) is 0.581. The second-order valence-corrected chi connectivity index (χ2v) is 12.5. The van der Waals surface area contributed by atoms with Crippen molar-refractivity contribution in [3.63, 3.8) is 0 Å². The number of fused-ring (bicyclic) bond motifs is 4. The van der Waals surface area contributed by atoms with Crippen molar-refractivity contribution in [2.75, 3.05) is 37.7 Å². The molecule has 1 N–H and O–H groups in total. The Hall–Kier alpha value is -2.84. The van der Waals surface area contributed by atoms with Crippen LogP contribution in [0, 0.1) is 5.82 Å². The summed E-state index contributed by atoms with van der Waals surface area (Å²) in [5, 5.41) is 4.37. The predicted octanol–water partition coefficient (Wildman–Crippen LogP) is 5.05. The summed E-state index contributed by atoms with van der Waals surface area (Å²) in [6, 6.07) is 9.34. The van der Waals surface area contributed by atoms with E-state index in [1.807, 2.05) is 12.1 Å². The molecule has 2 unspecified atom stereocenters. The van der Waals surface area contributed by atoms with E-state index in [0.29, 0.717) is 47.2 Å². The highest BCUT2D eigenvalue weighted by molar-refractivity contribution is 5.92. The fourth-order valence-electron chi connectivity index (χ4n) is 7.93. The summed E-state index contributed by atoms with van der Waals surface area (Å²) < 4.78 is 22.9. The molecule has 8 rings (SSSR count). The van der Waals surface area contributed by atoms with Crippen molar-refractivity contribution in [2.45, 2.75) is 81.3 Å². The van der Waals surface area contributed by atoms with E-state index in [1.54, 1.807) is 6.20 Å². The third kappa shape index (κ3) is 4.01. The van der Waals surface area contributed by atoms with Gasteiger partial charge >= 0.3 is 6.01 Å². The summed E-state index contributed by atoms with van der Waals surface area (Å²) in [5.41, 5.74) is 2.87. The van der Waals surface area contributed by atoms with Crippen LogP contribution >= 0.6 is 0 Å². The largest absolute Gasteiger partial charge is 0.461 e. The van der Waals surface area contributed by atoms with Crippen molar-refractivity contribution >= 4 is 16.7 Å². The molecule has 2 bridgehead atoms. The lowest BCUT2D eigenvalue weighted by Gasteiger charge is -2.34. The Kier molecular flexibility index (Phi) is 5.77. The van der Waals surface area contributed by atoms with E-state index in [-0.39, 0.29) is 11.4 Å². The van der Waals surface area contributed by atoms with Crippen molar-refractivity contribution < 1.29 is 9.13 Å². The lowest BCUT2D eigenvalue weighted by molar-refractivity contribution is 0.108. The van der Waals surface area contributed by atoms with Gasteiger partial charge in [-0.05, 0) is 75.9 Å². The molecular weight excluding hydrogens is 491 g/mol. The molecule has 2 atom stereocenters. The number of hydrogen-bond acceptors (Lipinski definition) is 7. The molecule has 1 aromatic carbocycles. The molecular formula is C31H37FN6O. The van der Waals surface area contributed by atoms with Crippen LogP contribution in [0.1, 0.15) is 69.3 Å². The van der Waals surface area contributed by atoms with Crippen LogP contribution in [0.2, 0.25) is 0 Å². The van der Waals surface area contributed by atoms with Crippen LogP contribution in [0.5, 0.6) is 6.01 Å². The molecule has 1 aliphatic carbocycles. The SMILES string of the molecule is Fc1c(-c2ccccc2C2CCC2)ncc2c(N3CC4CCC(C3)N4)nc(OCC34CCCN3CCC4)nc12. The van der Waals surface area contributed by atoms with E-state index in [2.05, 4.69) is 27.2 Å². The zero-order valence-electron chi connectivity index (χ0n) is 22.5. The highest BCUT2D eigenvalue weighted by Gasteiger charge is 2.45. The van der Waals surface area contributed by atoms with Gasteiger partial charge in [-0.25, -0.2) is 4.39 Å². The molecule has 39 heavy (non-hydrogen) atoms. The average molecular weight is 529 g/mol. The van der Waals surface area contributed by atoms with E-state index in [0.717, 1.165) is 63.2 Å². The van der Waals surface area contributed by atoms with E-state index in [4.69, 9.17) is 19.7 Å². The second-order valence-electron chi connectivity index (χ2n) is 12.5. The van der Waals surface area contributed by atoms with Gasteiger partial charge in [0.1, 0.15) is 23.6 Å². The Labute approximate surface area is 229 Å². The number of rotatable bonds is 6. The van der Waals surface area contributed by atoms with Crippen molar-refractivity contribution in [3.05, 3.63) is 41.8 Å². The van der Waals surface area contributed by atoms with Gasteiger partial charge in [0.15, 0.2) is 5.82 Å². The molecule has 1 saturated carbocycles. The Morgan fingerprint density at radius 3 is 2.49 bits per heavy atom. The molecule has 8 heteroatoms. The monoisotopic (exact) mass is 528 g/mol. The van der Waals surface area contributed by atoms with Crippen LogP contribution in [0.15, 0.2) is 30.5 Å². The normalized spacial score (nSPS) is 26.2. The van der Waals surface area contributed by atoms with Gasteiger partial charge in [0.25, 0.3) is 0 Å². The first kappa shape index (κ1) is 24.0. The van der Waals surface area contributed by atoms with Crippen molar-refractivity contribution in [1.82, 2.24) is 25.2 Å². The summed E-state index contributed by atoms with van der Waals surface area (Å²) in [6.07, 6.45) is 12.4. The zero-order valence-corrected chi connectivity index (χ0v) is 22.5. The standard InChI is InChI=1S/C31H37FN6O/c32-26-27(24-9-2-1-8-23(24)20-6-3-7-20)33-16-25-28(26)35-30(39-19-31-12-4-14-38(31)15-5-13-31)36-29(25)37-17-21-10-11-22(18-37)34-21/h1-2,8-9,16,20-22,34H,3-7,10-15,17-19H2. The maximum Gasteiger partial charge on any atom is 0.319 e. The summed E-state index contributed by atoms with van der Waals surface area (Å²) >= 11 is 0. The topological polar surface area (TPSA) is 66.4 Å². The molecule has 4 saturated heterocycles. The molecule has 5 fully saturated rings. The number of piperazine rings is 1. The average Bonchev–Trinajstić information content (AvgIpc) is 3.60. The summed E-state index contributed by atoms with van der Waals surface area (Å²) in [5.74, 6) is 0.868. The van der Waals surface area contributed by atoms with Crippen molar-refractivity contribution in [1.29, 1.82) is 0 Å². The summed E-state index contributed by atoms with van der Waals surface area (Å²) in [6.45, 7) is 4.55. The molecule has 0 radical (unpaired) electrons. The predicted molar refractivity (Wildman–Crippen MR) is 150 cm³/mol. The van der Waals surface area contributed by atoms with Crippen LogP contribution in [0.25, 0.3) is 22.2 Å². The summed E-state index contributed by atoms with van der Waals surface area (Å²) in [4.78, 5) is 19.3. The fourth-order valence-corrected chi connectivity index (χ4v) is 7.93. The first-order valence-corrected chi connectivity index (χ1v) is 15.0. The number of anilines is 1. The number of hydrogen-bond donors (Lipinski definition) is 1. The van der Waals surface area contributed by atoms with E-state index in [1.165, 1.54) is 37.7 Å². The molecule has 4 aliphatic heterocycles. The molecule has 204 valence electrons. The third-order valence-corrected chi connectivity index (χ3v) is 10.2. The molecule has 0 spiro atoms. The molecule has 3 aromatic rings. The first-order valence-electron chi connectivity index (χ1n) is 15.0. The Balaban J connectivity index is 1.22. The van der Waals surface area contributed by atoms with Gasteiger partial charge in [0.05, 0.1) is 10.9 Å². The van der Waals surface area contributed by atoms with Crippen LogP contribution in [0.4, 0.5) is 10.2 Å². The minimum absolute atomic E-state index is 0.0797. The molecule has 6 heterocycles. The lowest BCUT2D eigenvalue weighted by atomic mass is 9.77. The molecule has 2 aromatic heterocycles. The Bertz CT molecular complexity index is 1390. The molecule has 5 aliphatic rings. The van der Waals surface area contributed by atoms with Gasteiger partial charge in [0, 0.05) is 36.9 Å². The van der Waals surface area contributed by atoms with Gasteiger partial charge in [-0.3, -0.25) is 9.88 Å². The minimum Gasteiger partial charge on any atom is -0.461 e. The Morgan fingerprint density at radius 1 is 0.974 bits per heavy atom. The summed E-state index contributed by atoms with van der Waals surface area (Å²) in [7, 11) is 0. The first-order chi connectivity index (χ1) is 19.2. The van der Waals surface area contributed by atoms with Gasteiger partial charge in [-0.2, -0.15) is 9.97 Å². The van der Waals surface area contributed by atoms with Gasteiger partial charge in [-0.1, -0.05) is 30.7 Å². The smallest absolute Gasteiger partial charge is 0.319 e. The van der Waals surface area contributed by atoms with Crippen LogP contribution in [-0.4, -0.2) is 70.3 Å². The van der Waals surface area contributed by atoms with E-state index < -0.39 is 0 Å². The number of benzene rings is 1. The van der Waals surface area contributed by atoms with Crippen molar-refractivity contribution in [3.8, 4) is 17.3 Å². The second kappa shape index (κ2) is 9.37. The van der Waals surface area contributed by atoms with E-state index in [9.17, 15) is 0 Å². The zero-order chi connectivity index (χ0) is 26.0. The minimum atomic E-state index is -0.368. The van der Waals surface area contributed by atoms with Crippen LogP contribution < -0.4 is 15.0 Å². The highest BCUT2D eigenvalue weighted by atomic mass is 19.1. The van der Waals surface area contributed by atoms with E-state index >= 15 is 4.39 Å². The maximum atomic E-state index is 16.5. The number of aromatic nitrogens is 3. The molecule has 7 nitrogen and oxygen atoms in total. The third-order valence-electron chi connectivity index (χ3n) is 10.2. The molecule has 0 amide bonds. The number of nitrogens with one attached hydrogen (secondary N) is 1. The highest BCUT2D eigenvalue weighted by Crippen LogP contribution is 2.43. The number of halogens is 1. The van der Waals surface area contributed by atoms with Crippen LogP contribution in [-0.2, 0) is 0 Å². The Morgan fingerprint density at radius 2 is 1.74 bits per heavy atom. The van der Waals surface area contributed by atoms with Gasteiger partial charge < -0.3 is 15.0 Å².